The monoisotopic (exact) mass is 170 g/mol. The topological polar surface area (TPSA) is 72.6 Å². The lowest BCUT2D eigenvalue weighted by Gasteiger charge is -1.97. The van der Waals surface area contributed by atoms with Gasteiger partial charge < -0.3 is 0 Å². The van der Waals surface area contributed by atoms with Crippen molar-refractivity contribution >= 4 is 5.70 Å². The summed E-state index contributed by atoms with van der Waals surface area (Å²) in [5.74, 6) is 0. The van der Waals surface area contributed by atoms with E-state index < -0.39 is 0 Å². The summed E-state index contributed by atoms with van der Waals surface area (Å²) in [5.41, 5.74) is 9.78. The van der Waals surface area contributed by atoms with Crippen molar-refractivity contribution in [3.05, 3.63) is 52.4 Å². The van der Waals surface area contributed by atoms with Gasteiger partial charge in [0, 0.05) is 10.6 Å². The molecule has 1 aromatic carbocycles. The largest absolute Gasteiger partial charge is 0.192 e. The molecular weight excluding hydrogens is 164 g/mol. The predicted molar refractivity (Wildman–Crippen MR) is 49.3 cm³/mol. The second kappa shape index (κ2) is 3.96. The summed E-state index contributed by atoms with van der Waals surface area (Å²) in [5, 5.41) is 11.9. The van der Waals surface area contributed by atoms with Gasteiger partial charge in [0.05, 0.1) is 11.6 Å². The van der Waals surface area contributed by atoms with Crippen molar-refractivity contribution in [3.8, 4) is 6.07 Å². The Balaban J connectivity index is 3.00. The lowest BCUT2D eigenvalue weighted by Crippen LogP contribution is -1.79. The highest BCUT2D eigenvalue weighted by Crippen LogP contribution is 2.14. The first-order valence-corrected chi connectivity index (χ1v) is 3.52. The van der Waals surface area contributed by atoms with Gasteiger partial charge in [-0.3, -0.25) is 0 Å². The van der Waals surface area contributed by atoms with Crippen molar-refractivity contribution < 1.29 is 0 Å². The van der Waals surface area contributed by atoms with Crippen LogP contribution < -0.4 is 0 Å². The molecule has 0 aliphatic carbocycles. The van der Waals surface area contributed by atoms with E-state index in [4.69, 9.17) is 10.8 Å². The Hall–Kier alpha value is -2.24. The second-order valence-electron chi connectivity index (χ2n) is 2.33. The van der Waals surface area contributed by atoms with Gasteiger partial charge in [-0.15, -0.1) is 0 Å². The van der Waals surface area contributed by atoms with Crippen LogP contribution in [0.25, 0.3) is 16.1 Å². The Labute approximate surface area is 75.4 Å². The normalized spacial score (nSPS) is 8.23. The Morgan fingerprint density at radius 3 is 2.54 bits per heavy atom. The van der Waals surface area contributed by atoms with Gasteiger partial charge in [-0.1, -0.05) is 23.8 Å². The maximum atomic E-state index is 8.52. The summed E-state index contributed by atoms with van der Waals surface area (Å²) in [6, 6.07) is 8.66. The average Bonchev–Trinajstić information content (AvgIpc) is 2.18. The molecule has 0 saturated heterocycles. The number of nitriles is 1. The van der Waals surface area contributed by atoms with E-state index in [9.17, 15) is 0 Å². The fraction of sp³-hybridized carbons (Fsp3) is 0. The number of azide groups is 1. The van der Waals surface area contributed by atoms with Crippen molar-refractivity contribution in [3.63, 3.8) is 0 Å². The number of hydrogen-bond donors (Lipinski definition) is 0. The molecule has 0 fully saturated rings. The summed E-state index contributed by atoms with van der Waals surface area (Å²) in [7, 11) is 0. The van der Waals surface area contributed by atoms with Crippen LogP contribution in [0.5, 0.6) is 0 Å². The van der Waals surface area contributed by atoms with Gasteiger partial charge in [0.25, 0.3) is 0 Å². The molecule has 0 aliphatic rings. The zero-order chi connectivity index (χ0) is 9.68. The maximum Gasteiger partial charge on any atom is 0.0991 e. The third-order valence-corrected chi connectivity index (χ3v) is 1.51. The van der Waals surface area contributed by atoms with Gasteiger partial charge in [-0.2, -0.15) is 5.26 Å². The molecule has 4 heteroatoms. The van der Waals surface area contributed by atoms with Crippen LogP contribution in [0.2, 0.25) is 0 Å². The zero-order valence-electron chi connectivity index (χ0n) is 6.81. The van der Waals surface area contributed by atoms with Crippen LogP contribution in [0.15, 0.2) is 36.0 Å². The molecule has 0 radical (unpaired) electrons. The number of rotatable bonds is 2. The molecule has 0 heterocycles. The molecule has 1 rings (SSSR count). The summed E-state index contributed by atoms with van der Waals surface area (Å²) in [6.45, 7) is 3.57. The van der Waals surface area contributed by atoms with Crippen molar-refractivity contribution in [2.75, 3.05) is 0 Å². The van der Waals surface area contributed by atoms with E-state index in [1.807, 2.05) is 6.07 Å². The number of benzene rings is 1. The molecule has 1 aromatic rings. The van der Waals surface area contributed by atoms with Crippen LogP contribution in [0.4, 0.5) is 0 Å². The highest BCUT2D eigenvalue weighted by atomic mass is 15.1. The zero-order valence-corrected chi connectivity index (χ0v) is 6.81. The quantitative estimate of drug-likeness (QED) is 0.382. The van der Waals surface area contributed by atoms with Crippen molar-refractivity contribution in [1.29, 1.82) is 5.26 Å². The molecule has 0 amide bonds. The number of hydrogen-bond acceptors (Lipinski definition) is 2. The summed E-state index contributed by atoms with van der Waals surface area (Å²) in [4.78, 5) is 2.62. The Kier molecular flexibility index (Phi) is 2.69. The Bertz CT molecular complexity index is 404. The molecule has 0 unspecified atom stereocenters. The molecule has 13 heavy (non-hydrogen) atoms. The summed E-state index contributed by atoms with van der Waals surface area (Å²) in [6.07, 6.45) is 0. The van der Waals surface area contributed by atoms with Gasteiger partial charge in [-0.25, -0.2) is 0 Å². The van der Waals surface area contributed by atoms with Gasteiger partial charge in [-0.05, 0) is 23.2 Å². The minimum Gasteiger partial charge on any atom is -0.192 e. The minimum absolute atomic E-state index is 0.354. The summed E-state index contributed by atoms with van der Waals surface area (Å²) < 4.78 is 0. The van der Waals surface area contributed by atoms with Crippen molar-refractivity contribution in [2.24, 2.45) is 5.11 Å². The van der Waals surface area contributed by atoms with Crippen LogP contribution in [-0.2, 0) is 0 Å². The van der Waals surface area contributed by atoms with E-state index in [2.05, 4.69) is 16.6 Å². The Morgan fingerprint density at radius 2 is 2.08 bits per heavy atom. The van der Waals surface area contributed by atoms with E-state index in [1.54, 1.807) is 24.3 Å². The van der Waals surface area contributed by atoms with Crippen molar-refractivity contribution in [1.82, 2.24) is 0 Å². The molecule has 0 aliphatic heterocycles. The highest BCUT2D eigenvalue weighted by Gasteiger charge is 1.95. The van der Waals surface area contributed by atoms with Crippen molar-refractivity contribution in [2.45, 2.75) is 0 Å². The first-order valence-electron chi connectivity index (χ1n) is 3.52. The standard InChI is InChI=1S/C9H6N4/c1-7(12-13-11)9-4-2-8(6-10)3-5-9/h2-5H,1H2. The third kappa shape index (κ3) is 2.09. The van der Waals surface area contributed by atoms with Gasteiger partial charge in [0.1, 0.15) is 0 Å². The predicted octanol–water partition coefficient (Wildman–Crippen LogP) is 2.84. The molecule has 0 atom stereocenters. The van der Waals surface area contributed by atoms with E-state index in [-0.39, 0.29) is 0 Å². The fourth-order valence-electron chi connectivity index (χ4n) is 0.849. The number of nitrogens with zero attached hydrogens (tertiary/aromatic N) is 4. The van der Waals surface area contributed by atoms with Crippen LogP contribution in [0, 0.1) is 11.3 Å². The lowest BCUT2D eigenvalue weighted by atomic mass is 10.1. The molecule has 0 saturated carbocycles. The van der Waals surface area contributed by atoms with Crippen LogP contribution in [0.3, 0.4) is 0 Å². The van der Waals surface area contributed by atoms with E-state index >= 15 is 0 Å². The maximum absolute atomic E-state index is 8.52. The first kappa shape index (κ1) is 8.85. The van der Waals surface area contributed by atoms with Crippen LogP contribution in [-0.4, -0.2) is 0 Å². The molecule has 4 nitrogen and oxygen atoms in total. The SMILES string of the molecule is C=C(N=[N+]=[N-])c1ccc(C#N)cc1. The highest BCUT2D eigenvalue weighted by molar-refractivity contribution is 5.62. The molecular formula is C9H6N4. The average molecular weight is 170 g/mol. The van der Waals surface area contributed by atoms with E-state index in [0.29, 0.717) is 11.3 Å². The van der Waals surface area contributed by atoms with Gasteiger partial charge >= 0.3 is 0 Å². The molecule has 0 spiro atoms. The third-order valence-electron chi connectivity index (χ3n) is 1.51. The van der Waals surface area contributed by atoms with Gasteiger partial charge in [0.15, 0.2) is 0 Å². The summed E-state index contributed by atoms with van der Waals surface area (Å²) >= 11 is 0. The molecule has 0 N–H and O–H groups in total. The smallest absolute Gasteiger partial charge is 0.0991 e. The first-order chi connectivity index (χ1) is 6.27. The second-order valence-corrected chi connectivity index (χ2v) is 2.33. The molecule has 0 aromatic heterocycles. The van der Waals surface area contributed by atoms with E-state index in [0.717, 1.165) is 5.56 Å². The molecule has 62 valence electrons. The Morgan fingerprint density at radius 1 is 1.46 bits per heavy atom. The molecule has 0 bridgehead atoms. The fourth-order valence-corrected chi connectivity index (χ4v) is 0.849. The van der Waals surface area contributed by atoms with E-state index in [1.165, 1.54) is 0 Å². The lowest BCUT2D eigenvalue weighted by molar-refractivity contribution is 1.45. The minimum atomic E-state index is 0.354. The van der Waals surface area contributed by atoms with Crippen LogP contribution >= 0.6 is 0 Å². The van der Waals surface area contributed by atoms with Crippen LogP contribution in [0.1, 0.15) is 11.1 Å². The van der Waals surface area contributed by atoms with Gasteiger partial charge in [0.2, 0.25) is 0 Å².